The first-order chi connectivity index (χ1) is 12.6. The van der Waals surface area contributed by atoms with Gasteiger partial charge >= 0.3 is 0 Å². The first-order valence-electron chi connectivity index (χ1n) is 7.87. The van der Waals surface area contributed by atoms with Crippen LogP contribution in [-0.4, -0.2) is 36.2 Å². The lowest BCUT2D eigenvalue weighted by atomic mass is 10.2. The van der Waals surface area contributed by atoms with E-state index in [1.807, 2.05) is 30.3 Å². The van der Waals surface area contributed by atoms with Crippen LogP contribution >= 0.6 is 35.0 Å². The maximum atomic E-state index is 12.8. The number of benzene rings is 2. The summed E-state index contributed by atoms with van der Waals surface area (Å²) in [6, 6.07) is 14.7. The Bertz CT molecular complexity index is 869. The fraction of sp³-hybridized carbons (Fsp3) is 0.158. The van der Waals surface area contributed by atoms with E-state index in [9.17, 15) is 4.79 Å². The molecule has 0 radical (unpaired) electrons. The fourth-order valence-corrected chi connectivity index (χ4v) is 3.82. The summed E-state index contributed by atoms with van der Waals surface area (Å²) < 4.78 is 5.12. The smallest absolute Gasteiger partial charge is 0.266 e. The van der Waals surface area contributed by atoms with Gasteiger partial charge < -0.3 is 4.74 Å². The molecule has 2 aromatic rings. The molecule has 2 aromatic carbocycles. The lowest BCUT2D eigenvalue weighted by molar-refractivity contribution is -0.122. The summed E-state index contributed by atoms with van der Waals surface area (Å²) in [5.74, 6) is -0.118. The lowest BCUT2D eigenvalue weighted by Crippen LogP contribution is -2.32. The number of thioether (sulfide) groups is 1. The van der Waals surface area contributed by atoms with Crippen molar-refractivity contribution in [2.45, 2.75) is 0 Å². The van der Waals surface area contributed by atoms with Crippen LogP contribution in [0.15, 0.2) is 58.4 Å². The Morgan fingerprint density at radius 1 is 1.19 bits per heavy atom. The summed E-state index contributed by atoms with van der Waals surface area (Å²) in [5.41, 5.74) is 1.52. The topological polar surface area (TPSA) is 41.9 Å². The first kappa shape index (κ1) is 19.0. The van der Waals surface area contributed by atoms with Gasteiger partial charge in [0.25, 0.3) is 5.91 Å². The van der Waals surface area contributed by atoms with Crippen LogP contribution in [0.2, 0.25) is 10.0 Å². The molecule has 1 heterocycles. The van der Waals surface area contributed by atoms with Gasteiger partial charge in [-0.2, -0.15) is 0 Å². The van der Waals surface area contributed by atoms with Gasteiger partial charge in [0, 0.05) is 17.2 Å². The third kappa shape index (κ3) is 4.48. The fourth-order valence-electron chi connectivity index (χ4n) is 2.34. The second-order valence-electron chi connectivity index (χ2n) is 5.46. The second-order valence-corrected chi connectivity index (χ2v) is 7.31. The van der Waals surface area contributed by atoms with Gasteiger partial charge in [0.1, 0.15) is 0 Å². The van der Waals surface area contributed by atoms with Crippen LogP contribution < -0.4 is 0 Å². The maximum absolute atomic E-state index is 12.8. The third-order valence-corrected chi connectivity index (χ3v) is 5.21. The van der Waals surface area contributed by atoms with Gasteiger partial charge in [0.2, 0.25) is 0 Å². The molecule has 0 aliphatic carbocycles. The van der Waals surface area contributed by atoms with E-state index in [0.29, 0.717) is 33.3 Å². The minimum absolute atomic E-state index is 0.118. The number of amidine groups is 1. The highest BCUT2D eigenvalue weighted by molar-refractivity contribution is 8.18. The maximum Gasteiger partial charge on any atom is 0.266 e. The molecule has 7 heteroatoms. The molecule has 1 saturated heterocycles. The van der Waals surface area contributed by atoms with E-state index in [2.05, 4.69) is 4.99 Å². The van der Waals surface area contributed by atoms with E-state index < -0.39 is 0 Å². The summed E-state index contributed by atoms with van der Waals surface area (Å²) >= 11 is 13.5. The number of nitrogens with zero attached hydrogens (tertiary/aromatic N) is 2. The van der Waals surface area contributed by atoms with Crippen molar-refractivity contribution >= 4 is 57.8 Å². The van der Waals surface area contributed by atoms with Crippen molar-refractivity contribution in [3.63, 3.8) is 0 Å². The van der Waals surface area contributed by atoms with E-state index in [1.165, 1.54) is 11.8 Å². The largest absolute Gasteiger partial charge is 0.383 e. The van der Waals surface area contributed by atoms with Crippen molar-refractivity contribution in [1.82, 2.24) is 4.90 Å². The number of aliphatic imine (C=N–C) groups is 1. The van der Waals surface area contributed by atoms with Crippen LogP contribution in [0.25, 0.3) is 6.08 Å². The zero-order valence-corrected chi connectivity index (χ0v) is 16.3. The van der Waals surface area contributed by atoms with Gasteiger partial charge in [-0.3, -0.25) is 9.69 Å². The highest BCUT2D eigenvalue weighted by atomic mass is 35.5. The van der Waals surface area contributed by atoms with Crippen LogP contribution in [0.1, 0.15) is 5.56 Å². The van der Waals surface area contributed by atoms with Crippen molar-refractivity contribution < 1.29 is 9.53 Å². The molecule has 0 saturated carbocycles. The normalized spacial score (nSPS) is 17.5. The van der Waals surface area contributed by atoms with Crippen LogP contribution in [0.4, 0.5) is 5.69 Å². The second kappa shape index (κ2) is 8.73. The number of rotatable bonds is 5. The Hall–Kier alpha value is -1.79. The monoisotopic (exact) mass is 406 g/mol. The molecule has 26 heavy (non-hydrogen) atoms. The number of methoxy groups -OCH3 is 1. The first-order valence-corrected chi connectivity index (χ1v) is 9.45. The number of ether oxygens (including phenoxy) is 1. The number of para-hydroxylation sites is 1. The Morgan fingerprint density at radius 3 is 2.65 bits per heavy atom. The standard InChI is InChI=1S/C19H16Cl2N2O2S/c1-25-10-9-23-18(24)17(11-13-7-8-14(20)12-16(13)21)26-19(23)22-15-5-3-2-4-6-15/h2-8,11-12H,9-10H2,1H3/b17-11-,22-19?. The molecule has 0 atom stereocenters. The molecular weight excluding hydrogens is 391 g/mol. The molecule has 1 aliphatic heterocycles. The number of halogens is 2. The van der Waals surface area contributed by atoms with Crippen molar-refractivity contribution in [3.8, 4) is 0 Å². The van der Waals surface area contributed by atoms with Crippen molar-refractivity contribution in [2.75, 3.05) is 20.3 Å². The predicted molar refractivity (Wildman–Crippen MR) is 109 cm³/mol. The van der Waals surface area contributed by atoms with E-state index in [-0.39, 0.29) is 5.91 Å². The average molecular weight is 407 g/mol. The van der Waals surface area contributed by atoms with E-state index in [1.54, 1.807) is 36.3 Å². The zero-order chi connectivity index (χ0) is 18.5. The molecule has 1 amide bonds. The van der Waals surface area contributed by atoms with Crippen molar-refractivity contribution in [3.05, 3.63) is 69.0 Å². The molecule has 4 nitrogen and oxygen atoms in total. The van der Waals surface area contributed by atoms with E-state index in [0.717, 1.165) is 11.3 Å². The number of carbonyl (C=O) groups excluding carboxylic acids is 1. The molecule has 1 fully saturated rings. The van der Waals surface area contributed by atoms with Gasteiger partial charge in [0.05, 0.1) is 23.7 Å². The average Bonchev–Trinajstić information content (AvgIpc) is 2.91. The number of hydrogen-bond donors (Lipinski definition) is 0. The molecular formula is C19H16Cl2N2O2S. The molecule has 0 unspecified atom stereocenters. The van der Waals surface area contributed by atoms with Gasteiger partial charge in [0.15, 0.2) is 5.17 Å². The Labute approximate surface area is 166 Å². The molecule has 0 spiro atoms. The number of hydrogen-bond acceptors (Lipinski definition) is 4. The van der Waals surface area contributed by atoms with Crippen LogP contribution in [0.5, 0.6) is 0 Å². The quantitative estimate of drug-likeness (QED) is 0.637. The van der Waals surface area contributed by atoms with Crippen LogP contribution in [0, 0.1) is 0 Å². The molecule has 1 aliphatic rings. The van der Waals surface area contributed by atoms with Crippen molar-refractivity contribution in [1.29, 1.82) is 0 Å². The zero-order valence-electron chi connectivity index (χ0n) is 14.0. The Kier molecular flexibility index (Phi) is 6.38. The van der Waals surface area contributed by atoms with Crippen LogP contribution in [-0.2, 0) is 9.53 Å². The van der Waals surface area contributed by atoms with Gasteiger partial charge in [-0.15, -0.1) is 0 Å². The minimum atomic E-state index is -0.118. The Morgan fingerprint density at radius 2 is 1.96 bits per heavy atom. The van der Waals surface area contributed by atoms with Gasteiger partial charge in [-0.25, -0.2) is 4.99 Å². The summed E-state index contributed by atoms with van der Waals surface area (Å²) in [6.45, 7) is 0.856. The molecule has 134 valence electrons. The summed E-state index contributed by atoms with van der Waals surface area (Å²) in [7, 11) is 1.60. The molecule has 0 bridgehead atoms. The molecule has 3 rings (SSSR count). The SMILES string of the molecule is COCCN1C(=O)/C(=C/c2ccc(Cl)cc2Cl)SC1=Nc1ccccc1. The Balaban J connectivity index is 1.94. The number of amides is 1. The molecule has 0 aromatic heterocycles. The lowest BCUT2D eigenvalue weighted by Gasteiger charge is -2.14. The molecule has 0 N–H and O–H groups in total. The number of carbonyl (C=O) groups is 1. The van der Waals surface area contributed by atoms with E-state index >= 15 is 0 Å². The summed E-state index contributed by atoms with van der Waals surface area (Å²) in [5, 5.41) is 1.67. The van der Waals surface area contributed by atoms with Crippen molar-refractivity contribution in [2.24, 2.45) is 4.99 Å². The summed E-state index contributed by atoms with van der Waals surface area (Å²) in [4.78, 5) is 19.6. The third-order valence-electron chi connectivity index (χ3n) is 3.64. The summed E-state index contributed by atoms with van der Waals surface area (Å²) in [6.07, 6.45) is 1.76. The highest BCUT2D eigenvalue weighted by Crippen LogP contribution is 2.35. The van der Waals surface area contributed by atoms with Gasteiger partial charge in [-0.05, 0) is 47.7 Å². The minimum Gasteiger partial charge on any atom is -0.383 e. The highest BCUT2D eigenvalue weighted by Gasteiger charge is 2.33. The predicted octanol–water partition coefficient (Wildman–Crippen LogP) is 5.24. The van der Waals surface area contributed by atoms with E-state index in [4.69, 9.17) is 27.9 Å². The van der Waals surface area contributed by atoms with Crippen LogP contribution in [0.3, 0.4) is 0 Å². The van der Waals surface area contributed by atoms with Gasteiger partial charge in [-0.1, -0.05) is 47.5 Å².